The predicted octanol–water partition coefficient (Wildman–Crippen LogP) is 6.07. The van der Waals surface area contributed by atoms with Gasteiger partial charge in [-0.15, -0.1) is 0 Å². The second-order valence-corrected chi connectivity index (χ2v) is 10.5. The van der Waals surface area contributed by atoms with Crippen molar-refractivity contribution in [2.75, 3.05) is 13.2 Å². The molecule has 0 aromatic heterocycles. The van der Waals surface area contributed by atoms with Gasteiger partial charge >= 0.3 is 35.7 Å². The van der Waals surface area contributed by atoms with Gasteiger partial charge in [0.1, 0.15) is 11.2 Å². The second kappa shape index (κ2) is 15.4. The molecule has 0 bridgehead atoms. The summed E-state index contributed by atoms with van der Waals surface area (Å²) in [7, 11) is 0. The van der Waals surface area contributed by atoms with Crippen LogP contribution in [0.5, 0.6) is 0 Å². The zero-order valence-corrected chi connectivity index (χ0v) is 23.4. The minimum atomic E-state index is -3.59. The van der Waals surface area contributed by atoms with Crippen molar-refractivity contribution in [2.45, 2.75) is 134 Å². The third-order valence-corrected chi connectivity index (χ3v) is 6.90. The molecule has 0 radical (unpaired) electrons. The van der Waals surface area contributed by atoms with Gasteiger partial charge < -0.3 is 18.9 Å². The number of halogens is 4. The number of carbonyl (C=O) groups excluding carboxylic acids is 4. The molecule has 2 aliphatic rings. The van der Waals surface area contributed by atoms with Crippen LogP contribution in [0.15, 0.2) is 0 Å². The van der Waals surface area contributed by atoms with Crippen LogP contribution in [-0.2, 0) is 38.1 Å². The summed E-state index contributed by atoms with van der Waals surface area (Å²) in [6.07, 6.45) is 11.6. The SMILES string of the molecule is CCC1(OC(=O)COC(=O)C(C)(F)F)CCCCC1.CCCC1(OC(=O)COC(=O)C(C)(F)F)CCCCC1. The number of hydrogen-bond acceptors (Lipinski definition) is 8. The highest BCUT2D eigenvalue weighted by atomic mass is 19.3. The number of alkyl halides is 4. The van der Waals surface area contributed by atoms with Crippen molar-refractivity contribution in [3.63, 3.8) is 0 Å². The fraction of sp³-hybridized carbons (Fsp3) is 0.852. The molecule has 2 saturated carbocycles. The Morgan fingerprint density at radius 3 is 1.33 bits per heavy atom. The predicted molar refractivity (Wildman–Crippen MR) is 132 cm³/mol. The molecule has 0 spiro atoms. The van der Waals surface area contributed by atoms with Gasteiger partial charge in [-0.25, -0.2) is 19.2 Å². The van der Waals surface area contributed by atoms with Crippen LogP contribution < -0.4 is 0 Å². The Morgan fingerprint density at radius 1 is 0.641 bits per heavy atom. The van der Waals surface area contributed by atoms with Crippen molar-refractivity contribution in [1.29, 1.82) is 0 Å². The van der Waals surface area contributed by atoms with Gasteiger partial charge in [-0.3, -0.25) is 0 Å². The molecule has 0 aromatic carbocycles. The molecule has 0 unspecified atom stereocenters. The zero-order valence-electron chi connectivity index (χ0n) is 23.4. The maximum atomic E-state index is 12.6. The molecule has 12 heteroatoms. The van der Waals surface area contributed by atoms with Gasteiger partial charge in [0.2, 0.25) is 0 Å². The number of rotatable bonds is 11. The Morgan fingerprint density at radius 2 is 1.00 bits per heavy atom. The molecule has 2 rings (SSSR count). The summed E-state index contributed by atoms with van der Waals surface area (Å²) >= 11 is 0. The van der Waals surface area contributed by atoms with Crippen LogP contribution in [0.4, 0.5) is 17.6 Å². The smallest absolute Gasteiger partial charge is 0.377 e. The average Bonchev–Trinajstić information content (AvgIpc) is 2.86. The number of carbonyl (C=O) groups is 4. The van der Waals surface area contributed by atoms with E-state index in [9.17, 15) is 36.7 Å². The third-order valence-electron chi connectivity index (χ3n) is 6.90. The molecule has 226 valence electrons. The van der Waals surface area contributed by atoms with Crippen molar-refractivity contribution in [3.05, 3.63) is 0 Å². The summed E-state index contributed by atoms with van der Waals surface area (Å²) in [6, 6.07) is 0. The first-order valence-corrected chi connectivity index (χ1v) is 13.6. The van der Waals surface area contributed by atoms with Crippen LogP contribution in [0.1, 0.15) is 111 Å². The highest BCUT2D eigenvalue weighted by molar-refractivity contribution is 5.81. The summed E-state index contributed by atoms with van der Waals surface area (Å²) in [4.78, 5) is 45.0. The normalized spacial score (nSPS) is 18.6. The van der Waals surface area contributed by atoms with Crippen molar-refractivity contribution in [3.8, 4) is 0 Å². The van der Waals surface area contributed by atoms with E-state index < -0.39 is 60.1 Å². The highest BCUT2D eigenvalue weighted by Gasteiger charge is 2.38. The van der Waals surface area contributed by atoms with Crippen LogP contribution in [0.25, 0.3) is 0 Å². The van der Waals surface area contributed by atoms with E-state index in [1.165, 1.54) is 0 Å². The lowest BCUT2D eigenvalue weighted by atomic mass is 9.81. The van der Waals surface area contributed by atoms with E-state index >= 15 is 0 Å². The molecule has 2 aliphatic carbocycles. The van der Waals surface area contributed by atoms with Crippen LogP contribution >= 0.6 is 0 Å². The van der Waals surface area contributed by atoms with Crippen LogP contribution in [0.2, 0.25) is 0 Å². The summed E-state index contributed by atoms with van der Waals surface area (Å²) < 4.78 is 69.5. The summed E-state index contributed by atoms with van der Waals surface area (Å²) in [5, 5.41) is 0. The van der Waals surface area contributed by atoms with Crippen molar-refractivity contribution in [1.82, 2.24) is 0 Å². The van der Waals surface area contributed by atoms with Crippen molar-refractivity contribution in [2.24, 2.45) is 0 Å². The largest absolute Gasteiger partial charge is 0.457 e. The van der Waals surface area contributed by atoms with Gasteiger partial charge in [0, 0.05) is 13.8 Å². The Balaban J connectivity index is 0.000000391. The summed E-state index contributed by atoms with van der Waals surface area (Å²) in [5.41, 5.74) is -1.03. The van der Waals surface area contributed by atoms with E-state index in [0.717, 1.165) is 77.0 Å². The van der Waals surface area contributed by atoms with E-state index in [-0.39, 0.29) is 0 Å². The molecule has 0 amide bonds. The Labute approximate surface area is 227 Å². The molecule has 0 saturated heterocycles. The second-order valence-electron chi connectivity index (χ2n) is 10.5. The average molecular weight is 571 g/mol. The summed E-state index contributed by atoms with van der Waals surface area (Å²) in [6.45, 7) is 3.26. The number of ether oxygens (including phenoxy) is 4. The Kier molecular flexibility index (Phi) is 13.7. The van der Waals surface area contributed by atoms with Gasteiger partial charge in [0.05, 0.1) is 0 Å². The number of hydrogen-bond donors (Lipinski definition) is 0. The van der Waals surface area contributed by atoms with E-state index in [4.69, 9.17) is 9.47 Å². The molecule has 0 N–H and O–H groups in total. The standard InChI is InChI=1S/C14H22F2O4.C13H20F2O4/c1-3-7-14(8-5-4-6-9-14)20-11(17)10-19-12(18)13(2,15)16;1-3-13(7-5-4-6-8-13)19-10(16)9-18-11(17)12(2,14)15/h3-10H2,1-2H3;3-9H2,1-2H3. The zero-order chi connectivity index (χ0) is 29.7. The molecular formula is C27H42F4O8. The maximum absolute atomic E-state index is 12.6. The topological polar surface area (TPSA) is 105 Å². The van der Waals surface area contributed by atoms with Gasteiger partial charge in [0.15, 0.2) is 13.2 Å². The monoisotopic (exact) mass is 570 g/mol. The maximum Gasteiger partial charge on any atom is 0.377 e. The first-order valence-electron chi connectivity index (χ1n) is 13.6. The first-order chi connectivity index (χ1) is 18.1. The molecule has 0 aromatic rings. The molecular weight excluding hydrogens is 528 g/mol. The fourth-order valence-corrected chi connectivity index (χ4v) is 4.82. The quantitative estimate of drug-likeness (QED) is 0.167. The van der Waals surface area contributed by atoms with E-state index in [2.05, 4.69) is 9.47 Å². The van der Waals surface area contributed by atoms with Crippen LogP contribution in [0, 0.1) is 0 Å². The van der Waals surface area contributed by atoms with Crippen molar-refractivity contribution >= 4 is 23.9 Å². The molecule has 0 aliphatic heterocycles. The molecule has 8 nitrogen and oxygen atoms in total. The van der Waals surface area contributed by atoms with Gasteiger partial charge in [-0.05, 0) is 64.2 Å². The minimum absolute atomic E-state index is 0.426. The molecule has 0 heterocycles. The first kappa shape index (κ1) is 34.6. The van der Waals surface area contributed by atoms with Crippen LogP contribution in [0.3, 0.4) is 0 Å². The lowest BCUT2D eigenvalue weighted by molar-refractivity contribution is -0.182. The molecule has 2 fully saturated rings. The molecule has 39 heavy (non-hydrogen) atoms. The Hall–Kier alpha value is -2.40. The minimum Gasteiger partial charge on any atom is -0.457 e. The number of esters is 4. The van der Waals surface area contributed by atoms with E-state index in [0.29, 0.717) is 20.3 Å². The van der Waals surface area contributed by atoms with Gasteiger partial charge in [-0.2, -0.15) is 17.6 Å². The van der Waals surface area contributed by atoms with E-state index in [1.807, 2.05) is 13.8 Å². The summed E-state index contributed by atoms with van der Waals surface area (Å²) in [5.74, 6) is -12.1. The lowest BCUT2D eigenvalue weighted by Crippen LogP contribution is -2.39. The van der Waals surface area contributed by atoms with Gasteiger partial charge in [-0.1, -0.05) is 33.1 Å². The van der Waals surface area contributed by atoms with Crippen LogP contribution in [-0.4, -0.2) is 60.1 Å². The Bertz CT molecular complexity index is 802. The third kappa shape index (κ3) is 12.5. The van der Waals surface area contributed by atoms with Gasteiger partial charge in [0.25, 0.3) is 0 Å². The molecule has 0 atom stereocenters. The van der Waals surface area contributed by atoms with Crippen molar-refractivity contribution < 1.29 is 55.7 Å². The fourth-order valence-electron chi connectivity index (χ4n) is 4.82. The lowest BCUT2D eigenvalue weighted by Gasteiger charge is -2.36. The highest BCUT2D eigenvalue weighted by Crippen LogP contribution is 2.36. The van der Waals surface area contributed by atoms with E-state index in [1.54, 1.807) is 0 Å².